The third-order valence-corrected chi connectivity index (χ3v) is 3.36. The van der Waals surface area contributed by atoms with Crippen LogP contribution in [-0.4, -0.2) is 22.0 Å². The van der Waals surface area contributed by atoms with Gasteiger partial charge in [0, 0.05) is 6.20 Å². The molecule has 1 unspecified atom stereocenters. The molecule has 1 atom stereocenters. The van der Waals surface area contributed by atoms with Gasteiger partial charge in [-0.3, -0.25) is 4.79 Å². The molecule has 108 valence electrons. The molecule has 0 spiro atoms. The molecular weight excluding hydrogens is 292 g/mol. The van der Waals surface area contributed by atoms with Crippen molar-refractivity contribution in [3.8, 4) is 0 Å². The lowest BCUT2D eigenvalue weighted by Crippen LogP contribution is -2.49. The van der Waals surface area contributed by atoms with Gasteiger partial charge >= 0.3 is 5.97 Å². The van der Waals surface area contributed by atoms with Crippen LogP contribution in [0.25, 0.3) is 0 Å². The minimum Gasteiger partial charge on any atom is -0.479 e. The average molecular weight is 305 g/mol. The predicted molar refractivity (Wildman–Crippen MR) is 78.1 cm³/mol. The smallest absolute Gasteiger partial charge is 0.333 e. The van der Waals surface area contributed by atoms with Crippen molar-refractivity contribution in [1.82, 2.24) is 10.3 Å². The number of halogens is 1. The van der Waals surface area contributed by atoms with Gasteiger partial charge in [-0.1, -0.05) is 41.9 Å². The number of carbonyl (C=O) groups is 2. The fourth-order valence-electron chi connectivity index (χ4n) is 1.83. The monoisotopic (exact) mass is 304 g/mol. The van der Waals surface area contributed by atoms with Crippen LogP contribution in [0.2, 0.25) is 5.15 Å². The van der Waals surface area contributed by atoms with E-state index in [9.17, 15) is 14.7 Å². The molecule has 0 saturated heterocycles. The first-order chi connectivity index (χ1) is 9.93. The van der Waals surface area contributed by atoms with Crippen LogP contribution in [0.5, 0.6) is 0 Å². The predicted octanol–water partition coefficient (Wildman–Crippen LogP) is 2.46. The molecule has 2 aromatic rings. The van der Waals surface area contributed by atoms with Gasteiger partial charge in [-0.2, -0.15) is 0 Å². The van der Waals surface area contributed by atoms with E-state index in [1.165, 1.54) is 25.3 Å². The van der Waals surface area contributed by atoms with Crippen molar-refractivity contribution in [3.05, 3.63) is 64.9 Å². The van der Waals surface area contributed by atoms with Gasteiger partial charge in [0.15, 0.2) is 5.54 Å². The molecule has 0 aliphatic carbocycles. The van der Waals surface area contributed by atoms with E-state index in [1.54, 1.807) is 30.3 Å². The summed E-state index contributed by atoms with van der Waals surface area (Å²) in [5.74, 6) is -1.68. The Morgan fingerprint density at radius 1 is 1.19 bits per heavy atom. The molecule has 1 amide bonds. The Kier molecular flexibility index (Phi) is 4.23. The molecule has 0 fully saturated rings. The first kappa shape index (κ1) is 15.0. The number of rotatable bonds is 4. The molecule has 0 saturated carbocycles. The molecule has 1 aromatic carbocycles. The second-order valence-electron chi connectivity index (χ2n) is 4.62. The molecule has 0 aliphatic rings. The summed E-state index contributed by atoms with van der Waals surface area (Å²) in [6.45, 7) is 1.44. The first-order valence-electron chi connectivity index (χ1n) is 6.16. The zero-order valence-corrected chi connectivity index (χ0v) is 12.0. The van der Waals surface area contributed by atoms with Crippen molar-refractivity contribution >= 4 is 23.5 Å². The largest absolute Gasteiger partial charge is 0.479 e. The van der Waals surface area contributed by atoms with Gasteiger partial charge in [0.1, 0.15) is 5.15 Å². The van der Waals surface area contributed by atoms with Crippen molar-refractivity contribution in [1.29, 1.82) is 0 Å². The molecular formula is C15H13ClN2O3. The van der Waals surface area contributed by atoms with E-state index in [-0.39, 0.29) is 10.7 Å². The van der Waals surface area contributed by atoms with Crippen molar-refractivity contribution in [3.63, 3.8) is 0 Å². The standard InChI is InChI=1S/C15H13ClN2O3/c1-15(14(20)21,11-5-3-2-4-6-11)18-13(19)10-7-8-12(16)17-9-10/h2-9H,1H3,(H,18,19)(H,20,21). The van der Waals surface area contributed by atoms with Gasteiger partial charge in [-0.25, -0.2) is 9.78 Å². The lowest BCUT2D eigenvalue weighted by Gasteiger charge is -2.26. The Bertz CT molecular complexity index is 658. The van der Waals surface area contributed by atoms with Crippen LogP contribution in [0.4, 0.5) is 0 Å². The van der Waals surface area contributed by atoms with Crippen LogP contribution >= 0.6 is 11.6 Å². The zero-order valence-electron chi connectivity index (χ0n) is 11.2. The molecule has 2 N–H and O–H groups in total. The van der Waals surface area contributed by atoms with Crippen molar-refractivity contribution in [2.75, 3.05) is 0 Å². The molecule has 21 heavy (non-hydrogen) atoms. The number of carboxylic acids is 1. The summed E-state index contributed by atoms with van der Waals surface area (Å²) >= 11 is 5.66. The molecule has 6 heteroatoms. The number of carboxylic acid groups (broad SMARTS) is 1. The quantitative estimate of drug-likeness (QED) is 0.850. The van der Waals surface area contributed by atoms with E-state index in [0.29, 0.717) is 5.56 Å². The summed E-state index contributed by atoms with van der Waals surface area (Å²) in [5.41, 5.74) is -0.812. The first-order valence-corrected chi connectivity index (χ1v) is 6.54. The van der Waals surface area contributed by atoms with E-state index in [2.05, 4.69) is 10.3 Å². The van der Waals surface area contributed by atoms with Crippen LogP contribution in [0.3, 0.4) is 0 Å². The zero-order chi connectivity index (χ0) is 15.5. The molecule has 5 nitrogen and oxygen atoms in total. The Morgan fingerprint density at radius 3 is 2.38 bits per heavy atom. The number of hydrogen-bond donors (Lipinski definition) is 2. The van der Waals surface area contributed by atoms with E-state index in [1.807, 2.05) is 0 Å². The number of nitrogens with one attached hydrogen (secondary N) is 1. The van der Waals surface area contributed by atoms with E-state index in [4.69, 9.17) is 11.6 Å². The SMILES string of the molecule is CC(NC(=O)c1ccc(Cl)nc1)(C(=O)O)c1ccccc1. The van der Waals surface area contributed by atoms with Crippen LogP contribution < -0.4 is 5.32 Å². The minimum atomic E-state index is -1.53. The second-order valence-corrected chi connectivity index (χ2v) is 5.01. The lowest BCUT2D eigenvalue weighted by molar-refractivity contribution is -0.144. The summed E-state index contributed by atoms with van der Waals surface area (Å²) < 4.78 is 0. The molecule has 1 heterocycles. The maximum atomic E-state index is 12.2. The Morgan fingerprint density at radius 2 is 1.86 bits per heavy atom. The Hall–Kier alpha value is -2.40. The van der Waals surface area contributed by atoms with Gasteiger partial charge in [0.2, 0.25) is 0 Å². The number of aromatic nitrogens is 1. The Balaban J connectivity index is 2.31. The lowest BCUT2D eigenvalue weighted by atomic mass is 9.91. The number of benzene rings is 1. The number of carbonyl (C=O) groups excluding carboxylic acids is 1. The van der Waals surface area contributed by atoms with Crippen molar-refractivity contribution < 1.29 is 14.7 Å². The maximum absolute atomic E-state index is 12.2. The minimum absolute atomic E-state index is 0.239. The van der Waals surface area contributed by atoms with E-state index in [0.717, 1.165) is 0 Å². The highest BCUT2D eigenvalue weighted by Gasteiger charge is 2.37. The molecule has 2 rings (SSSR count). The average Bonchev–Trinajstić information content (AvgIpc) is 2.48. The number of aliphatic carboxylic acids is 1. The summed E-state index contributed by atoms with van der Waals surface area (Å²) in [6, 6.07) is 11.5. The maximum Gasteiger partial charge on any atom is 0.333 e. The van der Waals surface area contributed by atoms with E-state index < -0.39 is 17.4 Å². The van der Waals surface area contributed by atoms with Crippen LogP contribution in [0.15, 0.2) is 48.7 Å². The summed E-state index contributed by atoms with van der Waals surface area (Å²) in [7, 11) is 0. The second kappa shape index (κ2) is 5.93. The third kappa shape index (κ3) is 3.20. The molecule has 0 aliphatic heterocycles. The summed E-state index contributed by atoms with van der Waals surface area (Å²) in [6.07, 6.45) is 1.30. The number of pyridine rings is 1. The number of amides is 1. The van der Waals surface area contributed by atoms with Crippen molar-refractivity contribution in [2.24, 2.45) is 0 Å². The van der Waals surface area contributed by atoms with Gasteiger partial charge in [-0.15, -0.1) is 0 Å². The topological polar surface area (TPSA) is 79.3 Å². The van der Waals surface area contributed by atoms with Crippen LogP contribution in [0, 0.1) is 0 Å². The van der Waals surface area contributed by atoms with Crippen LogP contribution in [-0.2, 0) is 10.3 Å². The highest BCUT2D eigenvalue weighted by atomic mass is 35.5. The van der Waals surface area contributed by atoms with E-state index >= 15 is 0 Å². The normalized spacial score (nSPS) is 13.2. The van der Waals surface area contributed by atoms with Gasteiger partial charge in [0.25, 0.3) is 5.91 Å². The Labute approximate surface area is 126 Å². The highest BCUT2D eigenvalue weighted by molar-refractivity contribution is 6.29. The van der Waals surface area contributed by atoms with Gasteiger partial charge in [-0.05, 0) is 24.6 Å². The van der Waals surface area contributed by atoms with Crippen LogP contribution in [0.1, 0.15) is 22.8 Å². The highest BCUT2D eigenvalue weighted by Crippen LogP contribution is 2.21. The fourth-order valence-corrected chi connectivity index (χ4v) is 1.94. The fraction of sp³-hybridized carbons (Fsp3) is 0.133. The number of nitrogens with zero attached hydrogens (tertiary/aromatic N) is 1. The van der Waals surface area contributed by atoms with Gasteiger partial charge in [0.05, 0.1) is 5.56 Å². The van der Waals surface area contributed by atoms with Gasteiger partial charge < -0.3 is 10.4 Å². The molecule has 1 aromatic heterocycles. The summed E-state index contributed by atoms with van der Waals surface area (Å²) in [5, 5.41) is 12.3. The van der Waals surface area contributed by atoms with Crippen molar-refractivity contribution in [2.45, 2.75) is 12.5 Å². The summed E-state index contributed by atoms with van der Waals surface area (Å²) in [4.78, 5) is 27.6. The molecule has 0 bridgehead atoms. The third-order valence-electron chi connectivity index (χ3n) is 3.13. The number of hydrogen-bond acceptors (Lipinski definition) is 3. The molecule has 0 radical (unpaired) electrons.